The summed E-state index contributed by atoms with van der Waals surface area (Å²) in [6, 6.07) is 11.4. The van der Waals surface area contributed by atoms with E-state index in [4.69, 9.17) is 4.74 Å². The number of anilines is 2. The van der Waals surface area contributed by atoms with Crippen molar-refractivity contribution in [3.63, 3.8) is 0 Å². The van der Waals surface area contributed by atoms with Crippen molar-refractivity contribution in [2.45, 2.75) is 24.7 Å². The lowest BCUT2D eigenvalue weighted by Crippen LogP contribution is -2.36. The fraction of sp³-hybridized carbons (Fsp3) is 0.368. The molecular weight excluding hydrogens is 336 g/mol. The predicted molar refractivity (Wildman–Crippen MR) is 99.2 cm³/mol. The first-order valence-corrected chi connectivity index (χ1v) is 10.0. The number of sulfonamides is 1. The summed E-state index contributed by atoms with van der Waals surface area (Å²) in [5, 5.41) is 0. The molecule has 0 saturated heterocycles. The Kier molecular flexibility index (Phi) is 3.87. The molecule has 2 aliphatic heterocycles. The van der Waals surface area contributed by atoms with Gasteiger partial charge in [0.2, 0.25) is 0 Å². The summed E-state index contributed by atoms with van der Waals surface area (Å²) in [6.45, 7) is 3.73. The van der Waals surface area contributed by atoms with Crippen LogP contribution in [0.15, 0.2) is 41.3 Å². The fourth-order valence-electron chi connectivity index (χ4n) is 3.63. The first-order chi connectivity index (χ1) is 12.0. The van der Waals surface area contributed by atoms with Gasteiger partial charge in [0.25, 0.3) is 10.0 Å². The summed E-state index contributed by atoms with van der Waals surface area (Å²) in [7, 11) is -1.63. The first kappa shape index (κ1) is 16.3. The zero-order chi connectivity index (χ0) is 17.6. The minimum Gasteiger partial charge on any atom is -0.490 e. The Hall–Kier alpha value is -2.21. The van der Waals surface area contributed by atoms with Gasteiger partial charge in [0.05, 0.1) is 22.8 Å². The van der Waals surface area contributed by atoms with E-state index in [1.165, 1.54) is 0 Å². The van der Waals surface area contributed by atoms with Gasteiger partial charge in [-0.05, 0) is 43.0 Å². The van der Waals surface area contributed by atoms with E-state index >= 15 is 0 Å². The van der Waals surface area contributed by atoms with E-state index in [9.17, 15) is 8.42 Å². The van der Waals surface area contributed by atoms with Crippen LogP contribution in [-0.4, -0.2) is 35.2 Å². The van der Waals surface area contributed by atoms with Crippen molar-refractivity contribution in [2.75, 3.05) is 35.9 Å². The lowest BCUT2D eigenvalue weighted by molar-refractivity contribution is 0.310. The van der Waals surface area contributed by atoms with Crippen molar-refractivity contribution >= 4 is 21.4 Å². The van der Waals surface area contributed by atoms with Crippen LogP contribution in [0.25, 0.3) is 0 Å². The second kappa shape index (κ2) is 5.95. The van der Waals surface area contributed by atoms with Gasteiger partial charge >= 0.3 is 0 Å². The molecule has 0 bridgehead atoms. The maximum atomic E-state index is 13.4. The van der Waals surface area contributed by atoms with Crippen molar-refractivity contribution in [3.8, 4) is 5.75 Å². The highest BCUT2D eigenvalue weighted by atomic mass is 32.2. The van der Waals surface area contributed by atoms with E-state index in [1.807, 2.05) is 44.3 Å². The van der Waals surface area contributed by atoms with Gasteiger partial charge in [-0.15, -0.1) is 0 Å². The average Bonchev–Trinajstić information content (AvgIpc) is 2.61. The van der Waals surface area contributed by atoms with Gasteiger partial charge in [0.1, 0.15) is 12.4 Å². The Morgan fingerprint density at radius 3 is 2.72 bits per heavy atom. The topological polar surface area (TPSA) is 49.9 Å². The summed E-state index contributed by atoms with van der Waals surface area (Å²) in [6.07, 6.45) is 1.75. The highest BCUT2D eigenvalue weighted by Crippen LogP contribution is 2.38. The number of likely N-dealkylation sites (N-methyl/N-ethyl adjacent to an activating group) is 1. The number of hydrogen-bond donors (Lipinski definition) is 0. The van der Waals surface area contributed by atoms with Crippen LogP contribution < -0.4 is 13.9 Å². The molecule has 2 heterocycles. The smallest absolute Gasteiger partial charge is 0.264 e. The Bertz CT molecular complexity index is 924. The molecule has 6 heteroatoms. The van der Waals surface area contributed by atoms with E-state index in [0.717, 1.165) is 41.9 Å². The van der Waals surface area contributed by atoms with Crippen LogP contribution >= 0.6 is 0 Å². The lowest BCUT2D eigenvalue weighted by atomic mass is 10.0. The minimum atomic E-state index is -3.62. The van der Waals surface area contributed by atoms with E-state index in [0.29, 0.717) is 23.8 Å². The van der Waals surface area contributed by atoms with Crippen LogP contribution in [0.1, 0.15) is 17.5 Å². The molecule has 0 amide bonds. The number of nitrogens with zero attached hydrogens (tertiary/aromatic N) is 2. The number of para-hydroxylation sites is 1. The molecular formula is C19H22N2O3S. The molecule has 0 aromatic heterocycles. The average molecular weight is 358 g/mol. The zero-order valence-electron chi connectivity index (χ0n) is 14.5. The monoisotopic (exact) mass is 358 g/mol. The van der Waals surface area contributed by atoms with Crippen molar-refractivity contribution in [1.82, 2.24) is 0 Å². The number of rotatable bonds is 2. The molecule has 0 aliphatic carbocycles. The van der Waals surface area contributed by atoms with E-state index in [2.05, 4.69) is 4.90 Å². The zero-order valence-corrected chi connectivity index (χ0v) is 15.3. The molecule has 0 N–H and O–H groups in total. The predicted octanol–water partition coefficient (Wildman–Crippen LogP) is 2.97. The molecule has 0 unspecified atom stereocenters. The third kappa shape index (κ3) is 2.65. The summed E-state index contributed by atoms with van der Waals surface area (Å²) < 4.78 is 34.1. The number of benzene rings is 2. The van der Waals surface area contributed by atoms with Crippen molar-refractivity contribution in [1.29, 1.82) is 0 Å². The van der Waals surface area contributed by atoms with Gasteiger partial charge in [-0.1, -0.05) is 18.2 Å². The van der Waals surface area contributed by atoms with Crippen LogP contribution in [0.4, 0.5) is 11.4 Å². The molecule has 5 nitrogen and oxygen atoms in total. The van der Waals surface area contributed by atoms with Crippen molar-refractivity contribution in [2.24, 2.45) is 0 Å². The standard InChI is InChI=1S/C19H22N2O3S/c1-14-12-17-18(24-11-10-20(17)2)13-19(14)25(22,23)21-9-5-7-15-6-3-4-8-16(15)21/h3-4,6,8,12-13H,5,7,9-11H2,1-2H3. The number of ether oxygens (including phenoxy) is 1. The molecule has 0 fully saturated rings. The molecule has 2 aromatic carbocycles. The third-order valence-corrected chi connectivity index (χ3v) is 6.94. The number of aryl methyl sites for hydroxylation is 2. The fourth-order valence-corrected chi connectivity index (χ4v) is 5.39. The third-order valence-electron chi connectivity index (χ3n) is 4.99. The second-order valence-corrected chi connectivity index (χ2v) is 8.50. The molecule has 2 aromatic rings. The van der Waals surface area contributed by atoms with E-state index in [1.54, 1.807) is 10.4 Å². The second-order valence-electron chi connectivity index (χ2n) is 6.66. The summed E-state index contributed by atoms with van der Waals surface area (Å²) in [4.78, 5) is 2.43. The molecule has 0 atom stereocenters. The molecule has 0 saturated carbocycles. The number of fused-ring (bicyclic) bond motifs is 2. The molecule has 25 heavy (non-hydrogen) atoms. The summed E-state index contributed by atoms with van der Waals surface area (Å²) >= 11 is 0. The molecule has 2 aliphatic rings. The Morgan fingerprint density at radius 1 is 1.08 bits per heavy atom. The minimum absolute atomic E-state index is 0.332. The molecule has 0 spiro atoms. The van der Waals surface area contributed by atoms with Gasteiger partial charge in [0.15, 0.2) is 0 Å². The highest BCUT2D eigenvalue weighted by Gasteiger charge is 2.31. The van der Waals surface area contributed by atoms with E-state index in [-0.39, 0.29) is 0 Å². The molecule has 132 valence electrons. The van der Waals surface area contributed by atoms with Crippen molar-refractivity contribution in [3.05, 3.63) is 47.5 Å². The lowest BCUT2D eigenvalue weighted by Gasteiger charge is -2.32. The van der Waals surface area contributed by atoms with Crippen LogP contribution in [-0.2, 0) is 16.4 Å². The van der Waals surface area contributed by atoms with Crippen molar-refractivity contribution < 1.29 is 13.2 Å². The summed E-state index contributed by atoms with van der Waals surface area (Å²) in [5.41, 5.74) is 3.58. The largest absolute Gasteiger partial charge is 0.490 e. The van der Waals surface area contributed by atoms with Crippen LogP contribution in [0.2, 0.25) is 0 Å². The number of hydrogen-bond acceptors (Lipinski definition) is 4. The maximum Gasteiger partial charge on any atom is 0.264 e. The van der Waals surface area contributed by atoms with Gasteiger partial charge in [-0.3, -0.25) is 4.31 Å². The maximum absolute atomic E-state index is 13.4. The van der Waals surface area contributed by atoms with Gasteiger partial charge in [-0.25, -0.2) is 8.42 Å². The van der Waals surface area contributed by atoms with Crippen LogP contribution in [0.3, 0.4) is 0 Å². The molecule has 0 radical (unpaired) electrons. The SMILES string of the molecule is Cc1cc2c(cc1S(=O)(=O)N1CCCc3ccccc31)OCCN2C. The van der Waals surface area contributed by atoms with Gasteiger partial charge < -0.3 is 9.64 Å². The summed E-state index contributed by atoms with van der Waals surface area (Å²) in [5.74, 6) is 0.642. The highest BCUT2D eigenvalue weighted by molar-refractivity contribution is 7.92. The van der Waals surface area contributed by atoms with Crippen LogP contribution in [0.5, 0.6) is 5.75 Å². The van der Waals surface area contributed by atoms with Gasteiger partial charge in [-0.2, -0.15) is 0 Å². The Labute approximate surface area is 148 Å². The van der Waals surface area contributed by atoms with Gasteiger partial charge in [0, 0.05) is 19.7 Å². The first-order valence-electron chi connectivity index (χ1n) is 8.58. The molecule has 4 rings (SSSR count). The Balaban J connectivity index is 1.82. The quantitative estimate of drug-likeness (QED) is 0.828. The Morgan fingerprint density at radius 2 is 1.88 bits per heavy atom. The van der Waals surface area contributed by atoms with E-state index < -0.39 is 10.0 Å². The normalized spacial score (nSPS) is 16.9. The van der Waals surface area contributed by atoms with Crippen LogP contribution in [0, 0.1) is 6.92 Å².